The minimum atomic E-state index is -4.91. The summed E-state index contributed by atoms with van der Waals surface area (Å²) in [5.41, 5.74) is -2.14. The van der Waals surface area contributed by atoms with Crippen molar-refractivity contribution in [2.45, 2.75) is 37.7 Å². The molecule has 9 heteroatoms. The maximum Gasteiger partial charge on any atom is 0.416 e. The van der Waals surface area contributed by atoms with Gasteiger partial charge < -0.3 is 14.8 Å². The lowest BCUT2D eigenvalue weighted by atomic mass is 10.0. The number of hydrogen-bond acceptors (Lipinski definition) is 3. The van der Waals surface area contributed by atoms with Gasteiger partial charge in [0.05, 0.1) is 29.9 Å². The summed E-state index contributed by atoms with van der Waals surface area (Å²) in [5, 5.41) is 3.20. The molecule has 0 amide bonds. The molecule has 2 aromatic rings. The lowest BCUT2D eigenvalue weighted by Gasteiger charge is -2.34. The van der Waals surface area contributed by atoms with Crippen molar-refractivity contribution in [3.63, 3.8) is 0 Å². The zero-order valence-electron chi connectivity index (χ0n) is 15.3. The fourth-order valence-electron chi connectivity index (χ4n) is 3.13. The zero-order valence-corrected chi connectivity index (χ0v) is 15.3. The van der Waals surface area contributed by atoms with Crippen LogP contribution in [0.5, 0.6) is 0 Å². The highest BCUT2D eigenvalue weighted by atomic mass is 19.4. The van der Waals surface area contributed by atoms with Crippen molar-refractivity contribution in [1.29, 1.82) is 0 Å². The average molecular weight is 419 g/mol. The molecule has 1 saturated heterocycles. The van der Waals surface area contributed by atoms with Crippen LogP contribution in [0.1, 0.15) is 41.3 Å². The summed E-state index contributed by atoms with van der Waals surface area (Å²) in [5.74, 6) is 0. The standard InChI is InChI=1S/C20H19F6NO2/c1-12(14-9-15(19(21,22)23)11-16(10-14)20(24,25)26)29-18-17(27-7-8-28-18)13-5-3-2-4-6-13/h2-6,9-12,17-18,27H,7-8H2,1H3/t12-,17-,18+/m0/s1. The summed E-state index contributed by atoms with van der Waals surface area (Å²) in [4.78, 5) is 0. The largest absolute Gasteiger partial charge is 0.416 e. The molecule has 0 aliphatic carbocycles. The van der Waals surface area contributed by atoms with E-state index in [2.05, 4.69) is 5.32 Å². The van der Waals surface area contributed by atoms with Crippen LogP contribution < -0.4 is 5.32 Å². The third-order valence-electron chi connectivity index (χ3n) is 4.60. The first kappa shape index (κ1) is 21.6. The summed E-state index contributed by atoms with van der Waals surface area (Å²) in [6, 6.07) is 10.2. The van der Waals surface area contributed by atoms with Gasteiger partial charge in [-0.3, -0.25) is 0 Å². The number of hydrogen-bond donors (Lipinski definition) is 1. The fourth-order valence-corrected chi connectivity index (χ4v) is 3.13. The SMILES string of the molecule is C[C@H](O[C@H]1OCCN[C@H]1c1ccccc1)c1cc(C(F)(F)F)cc(C(F)(F)F)c1. The monoisotopic (exact) mass is 419 g/mol. The second-order valence-electron chi connectivity index (χ2n) is 6.70. The van der Waals surface area contributed by atoms with Crippen LogP contribution in [-0.2, 0) is 21.8 Å². The van der Waals surface area contributed by atoms with E-state index in [-0.39, 0.29) is 11.6 Å². The second-order valence-corrected chi connectivity index (χ2v) is 6.70. The summed E-state index contributed by atoms with van der Waals surface area (Å²) in [6.45, 7) is 2.24. The van der Waals surface area contributed by atoms with Crippen LogP contribution in [0, 0.1) is 0 Å². The molecule has 3 nitrogen and oxygen atoms in total. The lowest BCUT2D eigenvalue weighted by Crippen LogP contribution is -2.43. The quantitative estimate of drug-likeness (QED) is 0.665. The van der Waals surface area contributed by atoms with Gasteiger partial charge in [-0.2, -0.15) is 26.3 Å². The van der Waals surface area contributed by atoms with Crippen LogP contribution in [0.2, 0.25) is 0 Å². The van der Waals surface area contributed by atoms with Gasteiger partial charge in [-0.05, 0) is 36.2 Å². The highest BCUT2D eigenvalue weighted by molar-refractivity contribution is 5.34. The van der Waals surface area contributed by atoms with E-state index in [1.807, 2.05) is 30.3 Å². The maximum atomic E-state index is 13.1. The van der Waals surface area contributed by atoms with E-state index < -0.39 is 41.9 Å². The lowest BCUT2D eigenvalue weighted by molar-refractivity contribution is -0.200. The molecule has 29 heavy (non-hydrogen) atoms. The van der Waals surface area contributed by atoms with Crippen molar-refractivity contribution < 1.29 is 35.8 Å². The molecular formula is C20H19F6NO2. The molecule has 0 unspecified atom stereocenters. The van der Waals surface area contributed by atoms with Crippen molar-refractivity contribution in [1.82, 2.24) is 5.32 Å². The average Bonchev–Trinajstić information content (AvgIpc) is 2.67. The van der Waals surface area contributed by atoms with Gasteiger partial charge in [0.15, 0.2) is 6.29 Å². The molecule has 1 heterocycles. The minimum Gasteiger partial charge on any atom is -0.349 e. The Labute approximate surface area is 163 Å². The molecule has 2 aromatic carbocycles. The van der Waals surface area contributed by atoms with E-state index in [9.17, 15) is 26.3 Å². The normalized spacial score (nSPS) is 21.8. The van der Waals surface area contributed by atoms with Gasteiger partial charge in [0, 0.05) is 6.54 Å². The van der Waals surface area contributed by atoms with Crippen molar-refractivity contribution >= 4 is 0 Å². The van der Waals surface area contributed by atoms with Crippen molar-refractivity contribution in [3.05, 3.63) is 70.8 Å². The van der Waals surface area contributed by atoms with Crippen molar-refractivity contribution in [3.8, 4) is 0 Å². The smallest absolute Gasteiger partial charge is 0.349 e. The molecule has 0 bridgehead atoms. The Morgan fingerprint density at radius 1 is 0.966 bits per heavy atom. The number of morpholine rings is 1. The van der Waals surface area contributed by atoms with Crippen LogP contribution >= 0.6 is 0 Å². The Bertz CT molecular complexity index is 790. The van der Waals surface area contributed by atoms with Crippen LogP contribution in [0.4, 0.5) is 26.3 Å². The second kappa shape index (κ2) is 8.33. The van der Waals surface area contributed by atoms with Crippen molar-refractivity contribution in [2.75, 3.05) is 13.2 Å². The van der Waals surface area contributed by atoms with Gasteiger partial charge in [-0.15, -0.1) is 0 Å². The molecule has 3 atom stereocenters. The zero-order chi connectivity index (χ0) is 21.2. The van der Waals surface area contributed by atoms with Gasteiger partial charge in [0.2, 0.25) is 0 Å². The highest BCUT2D eigenvalue weighted by Gasteiger charge is 2.38. The molecule has 1 aliphatic heterocycles. The summed E-state index contributed by atoms with van der Waals surface area (Å²) in [6.07, 6.45) is -11.8. The predicted octanol–water partition coefficient (Wildman–Crippen LogP) is 5.49. The van der Waals surface area contributed by atoms with Crippen LogP contribution in [0.25, 0.3) is 0 Å². The van der Waals surface area contributed by atoms with Crippen LogP contribution in [0.15, 0.2) is 48.5 Å². The number of benzene rings is 2. The minimum absolute atomic E-state index is 0.0989. The van der Waals surface area contributed by atoms with Gasteiger partial charge in [0.1, 0.15) is 0 Å². The van der Waals surface area contributed by atoms with E-state index in [0.29, 0.717) is 25.3 Å². The first-order valence-electron chi connectivity index (χ1n) is 8.90. The Kier molecular flexibility index (Phi) is 6.21. The fraction of sp³-hybridized carbons (Fsp3) is 0.400. The van der Waals surface area contributed by atoms with Gasteiger partial charge in [-0.25, -0.2) is 0 Å². The molecule has 1 N–H and O–H groups in total. The molecule has 0 aromatic heterocycles. The number of nitrogens with one attached hydrogen (secondary N) is 1. The van der Waals surface area contributed by atoms with E-state index in [4.69, 9.17) is 9.47 Å². The first-order valence-corrected chi connectivity index (χ1v) is 8.90. The number of halogens is 6. The Hall–Kier alpha value is -2.10. The van der Waals surface area contributed by atoms with Gasteiger partial charge in [-0.1, -0.05) is 30.3 Å². The summed E-state index contributed by atoms with van der Waals surface area (Å²) < 4.78 is 90.0. The first-order chi connectivity index (χ1) is 13.6. The molecular weight excluding hydrogens is 400 g/mol. The van der Waals surface area contributed by atoms with Crippen molar-refractivity contribution in [2.24, 2.45) is 0 Å². The topological polar surface area (TPSA) is 30.5 Å². The Balaban J connectivity index is 1.88. The predicted molar refractivity (Wildman–Crippen MR) is 92.9 cm³/mol. The van der Waals surface area contributed by atoms with Gasteiger partial charge in [0.25, 0.3) is 0 Å². The van der Waals surface area contributed by atoms with E-state index >= 15 is 0 Å². The van der Waals surface area contributed by atoms with Gasteiger partial charge >= 0.3 is 12.4 Å². The third kappa shape index (κ3) is 5.29. The highest BCUT2D eigenvalue weighted by Crippen LogP contribution is 2.38. The van der Waals surface area contributed by atoms with E-state index in [1.165, 1.54) is 6.92 Å². The number of alkyl halides is 6. The molecule has 1 fully saturated rings. The van der Waals surface area contributed by atoms with Crippen LogP contribution in [-0.4, -0.2) is 19.4 Å². The summed E-state index contributed by atoms with van der Waals surface area (Å²) >= 11 is 0. The Morgan fingerprint density at radius 3 is 2.10 bits per heavy atom. The van der Waals surface area contributed by atoms with E-state index in [0.717, 1.165) is 5.56 Å². The summed E-state index contributed by atoms with van der Waals surface area (Å²) in [7, 11) is 0. The third-order valence-corrected chi connectivity index (χ3v) is 4.60. The molecule has 0 saturated carbocycles. The van der Waals surface area contributed by atoms with E-state index in [1.54, 1.807) is 0 Å². The molecule has 0 spiro atoms. The molecule has 0 radical (unpaired) electrons. The number of ether oxygens (including phenoxy) is 2. The molecule has 3 rings (SSSR count). The van der Waals surface area contributed by atoms with Crippen LogP contribution in [0.3, 0.4) is 0 Å². The maximum absolute atomic E-state index is 13.1. The Morgan fingerprint density at radius 2 is 1.55 bits per heavy atom. The molecule has 158 valence electrons. The molecule has 1 aliphatic rings. The number of rotatable bonds is 4.